The maximum atomic E-state index is 10.1. The molecule has 178 valence electrons. The van der Waals surface area contributed by atoms with Gasteiger partial charge in [-0.05, 0) is 54.5 Å². The second kappa shape index (κ2) is 8.95. The second-order valence-corrected chi connectivity index (χ2v) is 10.4. The molecule has 3 aromatic carbocycles. The molecule has 0 spiro atoms. The first-order valence-corrected chi connectivity index (χ1v) is 13.1. The molecule has 1 fully saturated rings. The van der Waals surface area contributed by atoms with Gasteiger partial charge in [0.15, 0.2) is 6.20 Å². The van der Waals surface area contributed by atoms with Gasteiger partial charge in [-0.1, -0.05) is 61.7 Å². The van der Waals surface area contributed by atoms with Gasteiger partial charge in [0.05, 0.1) is 28.2 Å². The Kier molecular flexibility index (Phi) is 5.61. The Bertz CT molecular complexity index is 1640. The molecule has 0 radical (unpaired) electrons. The Morgan fingerprint density at radius 1 is 0.833 bits per heavy atom. The average molecular weight is 471 g/mol. The van der Waals surface area contributed by atoms with Crippen LogP contribution in [0.5, 0.6) is 0 Å². The van der Waals surface area contributed by atoms with Crippen molar-refractivity contribution in [2.24, 2.45) is 14.1 Å². The van der Waals surface area contributed by atoms with Gasteiger partial charge in [-0.25, -0.2) is 4.57 Å². The summed E-state index contributed by atoms with van der Waals surface area (Å²) in [7, 11) is 4.25. The molecule has 1 saturated carbocycles. The molecule has 0 saturated heterocycles. The van der Waals surface area contributed by atoms with E-state index in [1.807, 2.05) is 6.07 Å². The van der Waals surface area contributed by atoms with Gasteiger partial charge in [-0.3, -0.25) is 0 Å². The Morgan fingerprint density at radius 3 is 2.22 bits per heavy atom. The second-order valence-electron chi connectivity index (χ2n) is 10.4. The summed E-state index contributed by atoms with van der Waals surface area (Å²) in [6.45, 7) is 2.19. The Labute approximate surface area is 213 Å². The van der Waals surface area contributed by atoms with Crippen LogP contribution in [0.15, 0.2) is 72.9 Å². The van der Waals surface area contributed by atoms with Crippen molar-refractivity contribution in [2.45, 2.75) is 44.9 Å². The van der Waals surface area contributed by atoms with Crippen LogP contribution in [0, 0.1) is 18.3 Å². The lowest BCUT2D eigenvalue weighted by atomic mass is 9.83. The Balaban J connectivity index is 1.61. The van der Waals surface area contributed by atoms with E-state index < -0.39 is 0 Å². The third-order valence-electron chi connectivity index (χ3n) is 8.23. The molecule has 0 N–H and O–H groups in total. The molecular weight excluding hydrogens is 438 g/mol. The number of rotatable bonds is 3. The summed E-state index contributed by atoms with van der Waals surface area (Å²) in [5.41, 5.74) is 10.3. The molecule has 2 heterocycles. The van der Waals surface area contributed by atoms with Crippen LogP contribution in [0.4, 0.5) is 0 Å². The number of hydrogen-bond donors (Lipinski definition) is 0. The first-order chi connectivity index (χ1) is 17.6. The van der Waals surface area contributed by atoms with Crippen molar-refractivity contribution in [1.82, 2.24) is 4.57 Å². The molecule has 0 unspecified atom stereocenters. The highest BCUT2D eigenvalue weighted by molar-refractivity contribution is 6.17. The number of pyridine rings is 1. The highest BCUT2D eigenvalue weighted by Gasteiger charge is 2.23. The molecule has 0 amide bonds. The van der Waals surface area contributed by atoms with E-state index in [0.29, 0.717) is 5.92 Å². The van der Waals surface area contributed by atoms with E-state index in [-0.39, 0.29) is 0 Å². The molecule has 0 bridgehead atoms. The van der Waals surface area contributed by atoms with E-state index in [2.05, 4.69) is 103 Å². The fourth-order valence-corrected chi connectivity index (χ4v) is 6.38. The lowest BCUT2D eigenvalue weighted by Gasteiger charge is -2.22. The highest BCUT2D eigenvalue weighted by atomic mass is 15.0. The highest BCUT2D eigenvalue weighted by Crippen LogP contribution is 2.42. The zero-order chi connectivity index (χ0) is 24.8. The molecular formula is C33H32N3+. The van der Waals surface area contributed by atoms with Crippen molar-refractivity contribution in [3.05, 3.63) is 89.6 Å². The van der Waals surface area contributed by atoms with E-state index in [4.69, 9.17) is 0 Å². The van der Waals surface area contributed by atoms with Gasteiger partial charge in [0.25, 0.3) is 0 Å². The summed E-state index contributed by atoms with van der Waals surface area (Å²) >= 11 is 0. The first-order valence-electron chi connectivity index (χ1n) is 13.1. The predicted octanol–water partition coefficient (Wildman–Crippen LogP) is 7.72. The zero-order valence-electron chi connectivity index (χ0n) is 21.4. The van der Waals surface area contributed by atoms with Gasteiger partial charge in [0, 0.05) is 35.5 Å². The molecule has 3 heteroatoms. The van der Waals surface area contributed by atoms with Crippen LogP contribution in [0.3, 0.4) is 0 Å². The van der Waals surface area contributed by atoms with E-state index in [9.17, 15) is 5.26 Å². The Hall–Kier alpha value is -3.90. The molecule has 3 nitrogen and oxygen atoms in total. The fraction of sp³-hybridized carbons (Fsp3) is 0.273. The molecule has 36 heavy (non-hydrogen) atoms. The number of nitriles is 1. The topological polar surface area (TPSA) is 32.6 Å². The van der Waals surface area contributed by atoms with Crippen molar-refractivity contribution in [1.29, 1.82) is 5.26 Å². The summed E-state index contributed by atoms with van der Waals surface area (Å²) < 4.78 is 4.50. The lowest BCUT2D eigenvalue weighted by Crippen LogP contribution is -2.30. The molecule has 2 aromatic heterocycles. The van der Waals surface area contributed by atoms with Gasteiger partial charge in [-0.2, -0.15) is 5.26 Å². The molecule has 5 aromatic rings. The van der Waals surface area contributed by atoms with E-state index in [0.717, 1.165) is 22.2 Å². The molecule has 0 aliphatic heterocycles. The SMILES string of the molecule is Cc1ccc2c3ccc(C#N)c(-c4ccc(C5CCCCC5)cc4)c3n(C)c2c1-c1cccc[n+]1C. The quantitative estimate of drug-likeness (QED) is 0.248. The number of nitrogens with zero attached hydrogens (tertiary/aromatic N) is 3. The number of aryl methyl sites for hydroxylation is 3. The van der Waals surface area contributed by atoms with Crippen LogP contribution in [0.25, 0.3) is 44.2 Å². The first kappa shape index (κ1) is 22.6. The third kappa shape index (κ3) is 3.52. The summed E-state index contributed by atoms with van der Waals surface area (Å²) in [4.78, 5) is 0. The minimum Gasteiger partial charge on any atom is -0.342 e. The zero-order valence-corrected chi connectivity index (χ0v) is 21.4. The number of fused-ring (bicyclic) bond motifs is 3. The van der Waals surface area contributed by atoms with Crippen molar-refractivity contribution >= 4 is 21.8 Å². The van der Waals surface area contributed by atoms with Crippen LogP contribution in [0.2, 0.25) is 0 Å². The monoisotopic (exact) mass is 470 g/mol. The maximum absolute atomic E-state index is 10.1. The van der Waals surface area contributed by atoms with E-state index >= 15 is 0 Å². The van der Waals surface area contributed by atoms with Gasteiger partial charge in [-0.15, -0.1) is 0 Å². The summed E-state index contributed by atoms with van der Waals surface area (Å²) in [6.07, 6.45) is 8.72. The predicted molar refractivity (Wildman–Crippen MR) is 148 cm³/mol. The van der Waals surface area contributed by atoms with Crippen molar-refractivity contribution in [3.63, 3.8) is 0 Å². The molecule has 1 aliphatic rings. The summed E-state index contributed by atoms with van der Waals surface area (Å²) in [5, 5.41) is 12.5. The lowest BCUT2D eigenvalue weighted by molar-refractivity contribution is -0.660. The van der Waals surface area contributed by atoms with Gasteiger partial charge in [0.2, 0.25) is 5.69 Å². The van der Waals surface area contributed by atoms with E-state index in [1.165, 1.54) is 70.8 Å². The van der Waals surface area contributed by atoms with Crippen LogP contribution < -0.4 is 4.57 Å². The van der Waals surface area contributed by atoms with Gasteiger partial charge < -0.3 is 4.57 Å². The maximum Gasteiger partial charge on any atom is 0.214 e. The normalized spacial score (nSPS) is 14.4. The smallest absolute Gasteiger partial charge is 0.214 e. The van der Waals surface area contributed by atoms with Gasteiger partial charge in [0.1, 0.15) is 7.05 Å². The minimum absolute atomic E-state index is 0.675. The van der Waals surface area contributed by atoms with Crippen molar-refractivity contribution in [2.75, 3.05) is 0 Å². The fourth-order valence-electron chi connectivity index (χ4n) is 6.38. The van der Waals surface area contributed by atoms with Gasteiger partial charge >= 0.3 is 0 Å². The number of benzene rings is 3. The van der Waals surface area contributed by atoms with E-state index in [1.54, 1.807) is 0 Å². The Morgan fingerprint density at radius 2 is 1.53 bits per heavy atom. The number of hydrogen-bond acceptors (Lipinski definition) is 1. The van der Waals surface area contributed by atoms with Crippen molar-refractivity contribution in [3.8, 4) is 28.5 Å². The van der Waals surface area contributed by atoms with Crippen LogP contribution >= 0.6 is 0 Å². The molecule has 1 aliphatic carbocycles. The standard InChI is InChI=1S/C33H32N3/c1-22-12-18-27-28-19-17-26(21-34)31(25-15-13-24(14-16-25)23-9-5-4-6-10-23)33(28)36(3)32(27)30(22)29-11-7-8-20-35(29)2/h7-8,11-20,23H,4-6,9-10H2,1-3H3/q+1. The largest absolute Gasteiger partial charge is 0.342 e. The summed E-state index contributed by atoms with van der Waals surface area (Å²) in [5.74, 6) is 0.675. The summed E-state index contributed by atoms with van der Waals surface area (Å²) in [6, 6.07) is 26.5. The molecule has 0 atom stereocenters. The van der Waals surface area contributed by atoms with Crippen LogP contribution in [0.1, 0.15) is 54.7 Å². The minimum atomic E-state index is 0.675. The van der Waals surface area contributed by atoms with Crippen molar-refractivity contribution < 1.29 is 4.57 Å². The van der Waals surface area contributed by atoms with Crippen LogP contribution in [-0.2, 0) is 14.1 Å². The molecule has 6 rings (SSSR count). The van der Waals surface area contributed by atoms with Crippen LogP contribution in [-0.4, -0.2) is 4.57 Å². The number of aromatic nitrogens is 2. The third-order valence-corrected chi connectivity index (χ3v) is 8.23. The average Bonchev–Trinajstić information content (AvgIpc) is 3.21.